The number of aryl methyl sites for hydroxylation is 1. The highest BCUT2D eigenvalue weighted by atomic mass is 15.3. The zero-order chi connectivity index (χ0) is 12.4. The van der Waals surface area contributed by atoms with Crippen LogP contribution < -0.4 is 5.32 Å². The van der Waals surface area contributed by atoms with Gasteiger partial charge in [0.1, 0.15) is 6.33 Å². The van der Waals surface area contributed by atoms with Crippen molar-refractivity contribution in [2.75, 3.05) is 7.05 Å². The molecule has 2 unspecified atom stereocenters. The molecule has 0 aliphatic heterocycles. The molecule has 2 aromatic heterocycles. The fourth-order valence-corrected chi connectivity index (χ4v) is 2.24. The van der Waals surface area contributed by atoms with Crippen molar-refractivity contribution < 1.29 is 0 Å². The summed E-state index contributed by atoms with van der Waals surface area (Å²) in [6.07, 6.45) is 2.61. The third-order valence-electron chi connectivity index (χ3n) is 3.29. The van der Waals surface area contributed by atoms with Crippen LogP contribution in [0.3, 0.4) is 0 Å². The standard InChI is InChI=1S/C12H19N5/c1-5-10(9(3)13-4)11-6-8(2)16-12-14-7-15-17(11)12/h6-7,9-10,13H,5H2,1-4H3. The van der Waals surface area contributed by atoms with Crippen LogP contribution in [0, 0.1) is 6.92 Å². The van der Waals surface area contributed by atoms with E-state index >= 15 is 0 Å². The van der Waals surface area contributed by atoms with Crippen LogP contribution in [0.1, 0.15) is 37.6 Å². The van der Waals surface area contributed by atoms with E-state index in [-0.39, 0.29) is 0 Å². The van der Waals surface area contributed by atoms with Gasteiger partial charge in [-0.3, -0.25) is 0 Å². The van der Waals surface area contributed by atoms with Crippen LogP contribution in [0.4, 0.5) is 0 Å². The van der Waals surface area contributed by atoms with E-state index in [4.69, 9.17) is 0 Å². The van der Waals surface area contributed by atoms with E-state index in [0.29, 0.717) is 17.7 Å². The van der Waals surface area contributed by atoms with Gasteiger partial charge >= 0.3 is 0 Å². The second-order valence-electron chi connectivity index (χ2n) is 4.39. The first-order chi connectivity index (χ1) is 8.17. The molecule has 2 rings (SSSR count). The molecular formula is C12H19N5. The summed E-state index contributed by atoms with van der Waals surface area (Å²) in [5, 5.41) is 7.57. The summed E-state index contributed by atoms with van der Waals surface area (Å²) >= 11 is 0. The molecule has 0 saturated carbocycles. The summed E-state index contributed by atoms with van der Waals surface area (Å²) in [7, 11) is 1.99. The summed E-state index contributed by atoms with van der Waals surface area (Å²) in [6, 6.07) is 2.50. The predicted octanol–water partition coefficient (Wildman–Crippen LogP) is 1.53. The Morgan fingerprint density at radius 1 is 1.47 bits per heavy atom. The number of nitrogens with one attached hydrogen (secondary N) is 1. The maximum Gasteiger partial charge on any atom is 0.252 e. The van der Waals surface area contributed by atoms with Gasteiger partial charge < -0.3 is 5.32 Å². The van der Waals surface area contributed by atoms with Gasteiger partial charge in [0.25, 0.3) is 5.78 Å². The van der Waals surface area contributed by atoms with Crippen molar-refractivity contribution in [3.63, 3.8) is 0 Å². The average molecular weight is 233 g/mol. The Hall–Kier alpha value is -1.49. The molecule has 2 heterocycles. The third-order valence-corrected chi connectivity index (χ3v) is 3.29. The van der Waals surface area contributed by atoms with Gasteiger partial charge in [-0.2, -0.15) is 10.1 Å². The Morgan fingerprint density at radius 3 is 2.88 bits per heavy atom. The maximum absolute atomic E-state index is 4.37. The van der Waals surface area contributed by atoms with Gasteiger partial charge in [-0.1, -0.05) is 6.92 Å². The summed E-state index contributed by atoms with van der Waals surface area (Å²) in [4.78, 5) is 8.53. The Bertz CT molecular complexity index is 505. The summed E-state index contributed by atoms with van der Waals surface area (Å²) in [5.74, 6) is 1.09. The molecule has 2 atom stereocenters. The highest BCUT2D eigenvalue weighted by Crippen LogP contribution is 2.23. The second kappa shape index (κ2) is 4.79. The first-order valence-electron chi connectivity index (χ1n) is 6.02. The second-order valence-corrected chi connectivity index (χ2v) is 4.39. The molecule has 0 spiro atoms. The number of hydrogen-bond donors (Lipinski definition) is 1. The van der Waals surface area contributed by atoms with Crippen LogP contribution in [-0.4, -0.2) is 32.7 Å². The Labute approximate surface area is 101 Å². The molecule has 0 aromatic carbocycles. The van der Waals surface area contributed by atoms with Crippen LogP contribution >= 0.6 is 0 Å². The molecule has 0 fully saturated rings. The zero-order valence-electron chi connectivity index (χ0n) is 10.8. The van der Waals surface area contributed by atoms with Gasteiger partial charge in [0.05, 0.1) is 5.69 Å². The van der Waals surface area contributed by atoms with E-state index < -0.39 is 0 Å². The first-order valence-corrected chi connectivity index (χ1v) is 6.02. The summed E-state index contributed by atoms with van der Waals surface area (Å²) in [6.45, 7) is 6.37. The molecule has 0 amide bonds. The quantitative estimate of drug-likeness (QED) is 0.870. The lowest BCUT2D eigenvalue weighted by Crippen LogP contribution is -2.30. The van der Waals surface area contributed by atoms with Gasteiger partial charge in [0.2, 0.25) is 0 Å². The van der Waals surface area contributed by atoms with Crippen LogP contribution in [0.2, 0.25) is 0 Å². The molecule has 92 valence electrons. The molecule has 0 aliphatic carbocycles. The van der Waals surface area contributed by atoms with E-state index in [1.165, 1.54) is 5.69 Å². The average Bonchev–Trinajstić information content (AvgIpc) is 2.77. The van der Waals surface area contributed by atoms with Crippen molar-refractivity contribution in [2.45, 2.75) is 39.2 Å². The highest BCUT2D eigenvalue weighted by molar-refractivity contribution is 5.31. The molecule has 5 heteroatoms. The number of fused-ring (bicyclic) bond motifs is 1. The smallest absolute Gasteiger partial charge is 0.252 e. The van der Waals surface area contributed by atoms with Crippen molar-refractivity contribution in [3.05, 3.63) is 23.8 Å². The summed E-state index contributed by atoms with van der Waals surface area (Å²) < 4.78 is 1.84. The largest absolute Gasteiger partial charge is 0.317 e. The van der Waals surface area contributed by atoms with Crippen molar-refractivity contribution in [3.8, 4) is 0 Å². The minimum Gasteiger partial charge on any atom is -0.317 e. The molecule has 0 bridgehead atoms. The highest BCUT2D eigenvalue weighted by Gasteiger charge is 2.20. The third kappa shape index (κ3) is 2.15. The molecule has 0 radical (unpaired) electrons. The maximum atomic E-state index is 4.37. The minimum absolute atomic E-state index is 0.397. The number of rotatable bonds is 4. The number of nitrogens with zero attached hydrogens (tertiary/aromatic N) is 4. The lowest BCUT2D eigenvalue weighted by molar-refractivity contribution is 0.465. The minimum atomic E-state index is 0.397. The molecular weight excluding hydrogens is 214 g/mol. The molecule has 17 heavy (non-hydrogen) atoms. The number of aromatic nitrogens is 4. The van der Waals surface area contributed by atoms with E-state index in [1.807, 2.05) is 18.5 Å². The van der Waals surface area contributed by atoms with Crippen LogP contribution in [-0.2, 0) is 0 Å². The van der Waals surface area contributed by atoms with E-state index in [0.717, 1.165) is 12.1 Å². The first kappa shape index (κ1) is 12.0. The predicted molar refractivity (Wildman–Crippen MR) is 67.1 cm³/mol. The lowest BCUT2D eigenvalue weighted by Gasteiger charge is -2.23. The Kier molecular flexibility index (Phi) is 3.38. The molecule has 5 nitrogen and oxygen atoms in total. The fourth-order valence-electron chi connectivity index (χ4n) is 2.24. The normalized spacial score (nSPS) is 15.1. The molecule has 2 aromatic rings. The van der Waals surface area contributed by atoms with Crippen LogP contribution in [0.25, 0.3) is 5.78 Å². The molecule has 0 saturated heterocycles. The van der Waals surface area contributed by atoms with Gasteiger partial charge in [0.15, 0.2) is 0 Å². The van der Waals surface area contributed by atoms with Gasteiger partial charge in [0, 0.05) is 17.7 Å². The molecule has 0 aliphatic rings. The zero-order valence-corrected chi connectivity index (χ0v) is 10.8. The van der Waals surface area contributed by atoms with Crippen molar-refractivity contribution in [2.24, 2.45) is 0 Å². The van der Waals surface area contributed by atoms with E-state index in [9.17, 15) is 0 Å². The SMILES string of the molecule is CCC(c1cc(C)nc2ncnn12)C(C)NC. The van der Waals surface area contributed by atoms with Crippen LogP contribution in [0.15, 0.2) is 12.4 Å². The lowest BCUT2D eigenvalue weighted by atomic mass is 9.94. The number of hydrogen-bond acceptors (Lipinski definition) is 4. The van der Waals surface area contributed by atoms with E-state index in [1.54, 1.807) is 6.33 Å². The topological polar surface area (TPSA) is 55.1 Å². The van der Waals surface area contributed by atoms with Gasteiger partial charge in [-0.05, 0) is 33.4 Å². The Balaban J connectivity index is 2.55. The fraction of sp³-hybridized carbons (Fsp3) is 0.583. The van der Waals surface area contributed by atoms with Crippen molar-refractivity contribution in [1.82, 2.24) is 24.9 Å². The van der Waals surface area contributed by atoms with Gasteiger partial charge in [-0.15, -0.1) is 0 Å². The van der Waals surface area contributed by atoms with Crippen LogP contribution in [0.5, 0.6) is 0 Å². The summed E-state index contributed by atoms with van der Waals surface area (Å²) in [5.41, 5.74) is 2.16. The van der Waals surface area contributed by atoms with Crippen molar-refractivity contribution >= 4 is 5.78 Å². The Morgan fingerprint density at radius 2 is 2.24 bits per heavy atom. The molecule has 1 N–H and O–H groups in total. The van der Waals surface area contributed by atoms with E-state index in [2.05, 4.69) is 40.3 Å². The number of likely N-dealkylation sites (N-methyl/N-ethyl adjacent to an activating group) is 1. The monoisotopic (exact) mass is 233 g/mol. The van der Waals surface area contributed by atoms with Crippen molar-refractivity contribution in [1.29, 1.82) is 0 Å². The van der Waals surface area contributed by atoms with Gasteiger partial charge in [-0.25, -0.2) is 9.50 Å².